The molecule has 0 radical (unpaired) electrons. The molecule has 0 fully saturated rings. The van der Waals surface area contributed by atoms with Crippen LogP contribution in [0, 0.1) is 5.92 Å². The molecule has 0 amide bonds. The molecule has 0 saturated carbocycles. The lowest BCUT2D eigenvalue weighted by Crippen LogP contribution is -1.98. The number of nitrogen functional groups attached to an aromatic ring is 1. The summed E-state index contributed by atoms with van der Waals surface area (Å²) in [7, 11) is 0. The third-order valence-corrected chi connectivity index (χ3v) is 4.44. The zero-order valence-corrected chi connectivity index (χ0v) is 11.9. The van der Waals surface area contributed by atoms with Gasteiger partial charge in [-0.25, -0.2) is 4.98 Å². The molecule has 1 unspecified atom stereocenters. The Labute approximate surface area is 113 Å². The summed E-state index contributed by atoms with van der Waals surface area (Å²) in [5.41, 5.74) is 8.58. The summed E-state index contributed by atoms with van der Waals surface area (Å²) in [4.78, 5) is 7.90. The van der Waals surface area contributed by atoms with E-state index in [2.05, 4.69) is 23.8 Å². The number of hydrogen-bond donors (Lipinski definition) is 2. The van der Waals surface area contributed by atoms with Gasteiger partial charge < -0.3 is 10.7 Å². The highest BCUT2D eigenvalue weighted by atomic mass is 32.2. The lowest BCUT2D eigenvalue weighted by Gasteiger charge is -2.06. The number of imidazole rings is 1. The first-order valence-electron chi connectivity index (χ1n) is 6.51. The molecule has 0 aliphatic carbocycles. The van der Waals surface area contributed by atoms with Gasteiger partial charge in [-0.1, -0.05) is 20.3 Å². The molecule has 1 aromatic heterocycles. The third-order valence-electron chi connectivity index (χ3n) is 3.14. The van der Waals surface area contributed by atoms with E-state index in [1.54, 1.807) is 0 Å². The molecular formula is C14H21N3S. The second-order valence-corrected chi connectivity index (χ2v) is 5.95. The molecule has 1 atom stereocenters. The van der Waals surface area contributed by atoms with Crippen LogP contribution >= 0.6 is 11.8 Å². The molecule has 98 valence electrons. The Morgan fingerprint density at radius 3 is 3.06 bits per heavy atom. The van der Waals surface area contributed by atoms with Crippen LogP contribution in [0.5, 0.6) is 0 Å². The second kappa shape index (κ2) is 6.14. The zero-order valence-electron chi connectivity index (χ0n) is 11.1. The van der Waals surface area contributed by atoms with E-state index in [1.807, 2.05) is 30.0 Å². The van der Waals surface area contributed by atoms with Gasteiger partial charge in [0, 0.05) is 17.9 Å². The number of hydrogen-bond acceptors (Lipinski definition) is 3. The summed E-state index contributed by atoms with van der Waals surface area (Å²) in [6.45, 7) is 4.55. The Bertz CT molecular complexity index is 507. The molecule has 3 N–H and O–H groups in total. The topological polar surface area (TPSA) is 54.7 Å². The number of aromatic nitrogens is 2. The van der Waals surface area contributed by atoms with Crippen LogP contribution in [0.3, 0.4) is 0 Å². The highest BCUT2D eigenvalue weighted by Gasteiger charge is 2.04. The molecule has 3 nitrogen and oxygen atoms in total. The molecule has 2 aromatic rings. The van der Waals surface area contributed by atoms with E-state index < -0.39 is 0 Å². The minimum absolute atomic E-state index is 0.781. The minimum atomic E-state index is 0.781. The van der Waals surface area contributed by atoms with Crippen molar-refractivity contribution in [3.63, 3.8) is 0 Å². The normalized spacial score (nSPS) is 13.0. The van der Waals surface area contributed by atoms with Crippen LogP contribution in [0.2, 0.25) is 0 Å². The van der Waals surface area contributed by atoms with Crippen LogP contribution in [-0.4, -0.2) is 21.5 Å². The number of thioether (sulfide) groups is 1. The van der Waals surface area contributed by atoms with Crippen LogP contribution in [0.15, 0.2) is 18.2 Å². The molecule has 0 aliphatic heterocycles. The van der Waals surface area contributed by atoms with Crippen molar-refractivity contribution in [2.75, 3.05) is 17.2 Å². The number of H-pyrrole nitrogens is 1. The number of benzene rings is 1. The Morgan fingerprint density at radius 2 is 2.28 bits per heavy atom. The van der Waals surface area contributed by atoms with Crippen molar-refractivity contribution in [1.29, 1.82) is 0 Å². The number of fused-ring (bicyclic) bond motifs is 1. The molecule has 1 heterocycles. The lowest BCUT2D eigenvalue weighted by molar-refractivity contribution is 0.637. The van der Waals surface area contributed by atoms with E-state index in [1.165, 1.54) is 12.2 Å². The smallest absolute Gasteiger partial charge is 0.108 e. The fourth-order valence-corrected chi connectivity index (χ4v) is 2.91. The van der Waals surface area contributed by atoms with Gasteiger partial charge >= 0.3 is 0 Å². The van der Waals surface area contributed by atoms with Crippen molar-refractivity contribution in [1.82, 2.24) is 9.97 Å². The average Bonchev–Trinajstić information content (AvgIpc) is 2.76. The first-order valence-corrected chi connectivity index (χ1v) is 7.66. The molecule has 2 rings (SSSR count). The lowest BCUT2D eigenvalue weighted by atomic mass is 10.2. The van der Waals surface area contributed by atoms with Crippen molar-refractivity contribution in [2.45, 2.75) is 26.7 Å². The quantitative estimate of drug-likeness (QED) is 0.620. The molecule has 1 aromatic carbocycles. The maximum absolute atomic E-state index is 5.75. The summed E-state index contributed by atoms with van der Waals surface area (Å²) in [5.74, 6) is 4.24. The molecule has 0 aliphatic rings. The van der Waals surface area contributed by atoms with Gasteiger partial charge in [0.15, 0.2) is 0 Å². The molecular weight excluding hydrogens is 242 g/mol. The Morgan fingerprint density at radius 1 is 1.44 bits per heavy atom. The highest BCUT2D eigenvalue weighted by molar-refractivity contribution is 7.99. The summed E-state index contributed by atoms with van der Waals surface area (Å²) in [5, 5.41) is 0. The van der Waals surface area contributed by atoms with E-state index in [0.29, 0.717) is 0 Å². The first-order chi connectivity index (χ1) is 8.69. The number of rotatable bonds is 6. The fraction of sp³-hybridized carbons (Fsp3) is 0.500. The van der Waals surface area contributed by atoms with E-state index in [-0.39, 0.29) is 0 Å². The molecule has 0 spiro atoms. The predicted octanol–water partition coefficient (Wildman–Crippen LogP) is 3.47. The zero-order chi connectivity index (χ0) is 13.0. The van der Waals surface area contributed by atoms with Gasteiger partial charge in [0.1, 0.15) is 5.82 Å². The van der Waals surface area contributed by atoms with Gasteiger partial charge in [-0.15, -0.1) is 0 Å². The summed E-state index contributed by atoms with van der Waals surface area (Å²) in [6, 6.07) is 5.81. The summed E-state index contributed by atoms with van der Waals surface area (Å²) in [6.07, 6.45) is 2.26. The second-order valence-electron chi connectivity index (χ2n) is 4.80. The number of nitrogens with zero attached hydrogens (tertiary/aromatic N) is 1. The van der Waals surface area contributed by atoms with Gasteiger partial charge in [0.05, 0.1) is 11.0 Å². The average molecular weight is 263 g/mol. The number of aryl methyl sites for hydroxylation is 1. The molecule has 0 saturated heterocycles. The standard InChI is InChI=1S/C14H21N3S/c1-3-10(2)9-18-7-6-14-16-12-5-4-11(15)8-13(12)17-14/h4-5,8,10H,3,6-7,9,15H2,1-2H3,(H,16,17). The molecule has 0 bridgehead atoms. The van der Waals surface area contributed by atoms with Gasteiger partial charge in [-0.05, 0) is 29.9 Å². The van der Waals surface area contributed by atoms with Gasteiger partial charge in [0.2, 0.25) is 0 Å². The minimum Gasteiger partial charge on any atom is -0.399 e. The van der Waals surface area contributed by atoms with Crippen LogP contribution in [0.25, 0.3) is 11.0 Å². The summed E-state index contributed by atoms with van der Waals surface area (Å²) < 4.78 is 0. The van der Waals surface area contributed by atoms with E-state index in [9.17, 15) is 0 Å². The van der Waals surface area contributed by atoms with Crippen LogP contribution in [0.4, 0.5) is 5.69 Å². The van der Waals surface area contributed by atoms with Crippen LogP contribution in [-0.2, 0) is 6.42 Å². The van der Waals surface area contributed by atoms with Crippen molar-refractivity contribution in [3.05, 3.63) is 24.0 Å². The van der Waals surface area contributed by atoms with Crippen molar-refractivity contribution in [2.24, 2.45) is 5.92 Å². The van der Waals surface area contributed by atoms with Crippen molar-refractivity contribution in [3.8, 4) is 0 Å². The number of nitrogens with two attached hydrogens (primary N) is 1. The predicted molar refractivity (Wildman–Crippen MR) is 81.0 cm³/mol. The number of anilines is 1. The van der Waals surface area contributed by atoms with E-state index in [4.69, 9.17) is 5.73 Å². The Kier molecular flexibility index (Phi) is 4.53. The maximum atomic E-state index is 5.75. The Balaban J connectivity index is 1.88. The van der Waals surface area contributed by atoms with Crippen molar-refractivity contribution < 1.29 is 0 Å². The largest absolute Gasteiger partial charge is 0.399 e. The molecule has 18 heavy (non-hydrogen) atoms. The van der Waals surface area contributed by atoms with Crippen LogP contribution in [0.1, 0.15) is 26.1 Å². The summed E-state index contributed by atoms with van der Waals surface area (Å²) >= 11 is 2.01. The highest BCUT2D eigenvalue weighted by Crippen LogP contribution is 2.17. The third kappa shape index (κ3) is 3.42. The Hall–Kier alpha value is -1.16. The van der Waals surface area contributed by atoms with Gasteiger partial charge in [-0.3, -0.25) is 0 Å². The monoisotopic (exact) mass is 263 g/mol. The SMILES string of the molecule is CCC(C)CSCCc1nc2ccc(N)cc2[nH]1. The van der Waals surface area contributed by atoms with Crippen LogP contribution < -0.4 is 5.73 Å². The van der Waals surface area contributed by atoms with Crippen molar-refractivity contribution >= 4 is 28.5 Å². The molecule has 4 heteroatoms. The van der Waals surface area contributed by atoms with E-state index in [0.717, 1.165) is 40.6 Å². The number of aromatic amines is 1. The number of nitrogens with one attached hydrogen (secondary N) is 1. The maximum Gasteiger partial charge on any atom is 0.108 e. The first kappa shape index (κ1) is 13.3. The van der Waals surface area contributed by atoms with Gasteiger partial charge in [-0.2, -0.15) is 11.8 Å². The van der Waals surface area contributed by atoms with Gasteiger partial charge in [0.25, 0.3) is 0 Å². The van der Waals surface area contributed by atoms with E-state index >= 15 is 0 Å². The fourth-order valence-electron chi connectivity index (χ4n) is 1.77.